The lowest BCUT2D eigenvalue weighted by Gasteiger charge is -2.27. The van der Waals surface area contributed by atoms with Crippen LogP contribution in [0.4, 0.5) is 11.5 Å². The number of fused-ring (bicyclic) bond motifs is 1. The highest BCUT2D eigenvalue weighted by Crippen LogP contribution is 2.37. The molecule has 8 heteroatoms. The quantitative estimate of drug-likeness (QED) is 0.610. The number of amides is 1. The second-order valence-electron chi connectivity index (χ2n) is 8.49. The van der Waals surface area contributed by atoms with Gasteiger partial charge in [-0.1, -0.05) is 30.7 Å². The largest absolute Gasteiger partial charge is 0.361 e. The Morgan fingerprint density at radius 3 is 2.36 bits per heavy atom. The molecule has 3 aromatic rings. The Hall–Kier alpha value is -3.23. The summed E-state index contributed by atoms with van der Waals surface area (Å²) in [6.45, 7) is 3.09. The van der Waals surface area contributed by atoms with Gasteiger partial charge < -0.3 is 5.32 Å². The minimum absolute atomic E-state index is 0.122. The molecule has 2 aromatic carbocycles. The number of hydrogen-bond donors (Lipinski definition) is 1. The van der Waals surface area contributed by atoms with Gasteiger partial charge in [0, 0.05) is 36.1 Å². The van der Waals surface area contributed by atoms with Crippen LogP contribution in [0.5, 0.6) is 0 Å². The summed E-state index contributed by atoms with van der Waals surface area (Å²) >= 11 is 0. The van der Waals surface area contributed by atoms with Gasteiger partial charge in [-0.15, -0.1) is 0 Å². The predicted molar refractivity (Wildman–Crippen MR) is 128 cm³/mol. The number of aromatic nitrogens is 1. The molecule has 0 aliphatic carbocycles. The Labute approximate surface area is 194 Å². The maximum absolute atomic E-state index is 13.2. The molecule has 3 heterocycles. The van der Waals surface area contributed by atoms with Crippen LogP contribution in [0, 0.1) is 6.92 Å². The normalized spacial score (nSPS) is 18.9. The highest BCUT2D eigenvalue weighted by Gasteiger charge is 2.38. The molecule has 1 N–H and O–H groups in total. The predicted octanol–water partition coefficient (Wildman–Crippen LogP) is 4.34. The van der Waals surface area contributed by atoms with E-state index in [1.54, 1.807) is 39.7 Å². The molecule has 0 saturated carbocycles. The zero-order valence-corrected chi connectivity index (χ0v) is 19.3. The zero-order valence-electron chi connectivity index (χ0n) is 18.4. The van der Waals surface area contributed by atoms with Gasteiger partial charge in [0.1, 0.15) is 12.0 Å². The van der Waals surface area contributed by atoms with E-state index in [4.69, 9.17) is 0 Å². The molecule has 1 saturated heterocycles. The fourth-order valence-corrected chi connectivity index (χ4v) is 5.95. The lowest BCUT2D eigenvalue weighted by molar-refractivity contribution is 0.0992. The third-order valence-electron chi connectivity index (χ3n) is 6.22. The van der Waals surface area contributed by atoms with E-state index in [0.29, 0.717) is 24.5 Å². The molecule has 170 valence electrons. The first-order valence-electron chi connectivity index (χ1n) is 11.2. The van der Waals surface area contributed by atoms with Crippen molar-refractivity contribution in [2.45, 2.75) is 37.2 Å². The van der Waals surface area contributed by atoms with Crippen molar-refractivity contribution in [3.05, 3.63) is 83.6 Å². The number of carbonyl (C=O) groups excluding carboxylic acids is 1. The molecular weight excluding hydrogens is 436 g/mol. The highest BCUT2D eigenvalue weighted by molar-refractivity contribution is 7.89. The number of nitrogens with zero attached hydrogens (tertiary/aromatic N) is 3. The standard InChI is InChI=1S/C25H26N4O3S/c1-18-9-14-23(26-17-18)29-24(21-7-3-4-8-22(21)25(29)30)27-19-10-12-20(13-11-19)33(31,32)28-15-5-2-6-16-28/h3-4,7-14,17,24,27H,2,5-6,15-16H2,1H3/t24-/m1/s1. The monoisotopic (exact) mass is 462 g/mol. The summed E-state index contributed by atoms with van der Waals surface area (Å²) in [6.07, 6.45) is 4.16. The van der Waals surface area contributed by atoms with E-state index in [-0.39, 0.29) is 10.8 Å². The molecule has 2 aliphatic rings. The summed E-state index contributed by atoms with van der Waals surface area (Å²) < 4.78 is 27.5. The smallest absolute Gasteiger partial charge is 0.261 e. The number of carbonyl (C=O) groups is 1. The number of hydrogen-bond acceptors (Lipinski definition) is 5. The van der Waals surface area contributed by atoms with Crippen LogP contribution in [0.25, 0.3) is 0 Å². The number of rotatable bonds is 5. The minimum Gasteiger partial charge on any atom is -0.361 e. The van der Waals surface area contributed by atoms with Crippen LogP contribution in [0.3, 0.4) is 0 Å². The molecular formula is C25H26N4O3S. The second kappa shape index (κ2) is 8.61. The Morgan fingerprint density at radius 2 is 1.67 bits per heavy atom. The highest BCUT2D eigenvalue weighted by atomic mass is 32.2. The van der Waals surface area contributed by atoms with Crippen molar-refractivity contribution in [3.63, 3.8) is 0 Å². The van der Waals surface area contributed by atoms with Gasteiger partial charge in [-0.3, -0.25) is 9.69 Å². The summed E-state index contributed by atoms with van der Waals surface area (Å²) in [5.74, 6) is 0.437. The average molecular weight is 463 g/mol. The zero-order chi connectivity index (χ0) is 23.0. The maximum atomic E-state index is 13.2. The van der Waals surface area contributed by atoms with Crippen LogP contribution in [0.1, 0.15) is 46.9 Å². The fourth-order valence-electron chi connectivity index (χ4n) is 4.43. The molecule has 0 bridgehead atoms. The number of aryl methyl sites for hydroxylation is 1. The summed E-state index contributed by atoms with van der Waals surface area (Å²) in [6, 6.07) is 18.0. The Bertz CT molecular complexity index is 1270. The number of piperidine rings is 1. The van der Waals surface area contributed by atoms with Crippen molar-refractivity contribution in [2.75, 3.05) is 23.3 Å². The first-order valence-corrected chi connectivity index (χ1v) is 12.6. The van der Waals surface area contributed by atoms with Crippen LogP contribution in [-0.4, -0.2) is 36.7 Å². The molecule has 5 rings (SSSR count). The van der Waals surface area contributed by atoms with Gasteiger partial charge in [-0.2, -0.15) is 4.31 Å². The first kappa shape index (κ1) is 21.6. The van der Waals surface area contributed by atoms with Gasteiger partial charge in [0.05, 0.1) is 4.90 Å². The van der Waals surface area contributed by atoms with Gasteiger partial charge >= 0.3 is 0 Å². The molecule has 0 spiro atoms. The van der Waals surface area contributed by atoms with Gasteiger partial charge in [0.15, 0.2) is 0 Å². The topological polar surface area (TPSA) is 82.6 Å². The van der Waals surface area contributed by atoms with Gasteiger partial charge in [-0.05, 0) is 61.7 Å². The minimum atomic E-state index is -3.49. The molecule has 1 atom stereocenters. The Morgan fingerprint density at radius 1 is 0.939 bits per heavy atom. The SMILES string of the molecule is Cc1ccc(N2C(=O)c3ccccc3[C@@H]2Nc2ccc(S(=O)(=O)N3CCCCC3)cc2)nc1. The summed E-state index contributed by atoms with van der Waals surface area (Å²) in [4.78, 5) is 19.6. The number of nitrogens with one attached hydrogen (secondary N) is 1. The number of benzene rings is 2. The average Bonchev–Trinajstić information content (AvgIpc) is 3.12. The van der Waals surface area contributed by atoms with Crippen molar-refractivity contribution in [3.8, 4) is 0 Å². The van der Waals surface area contributed by atoms with E-state index in [0.717, 1.165) is 36.1 Å². The third-order valence-corrected chi connectivity index (χ3v) is 8.13. The van der Waals surface area contributed by atoms with Crippen LogP contribution >= 0.6 is 0 Å². The summed E-state index contributed by atoms with van der Waals surface area (Å²) in [5, 5.41) is 3.41. The molecule has 7 nitrogen and oxygen atoms in total. The van der Waals surface area contributed by atoms with Crippen molar-refractivity contribution in [2.24, 2.45) is 0 Å². The molecule has 33 heavy (non-hydrogen) atoms. The molecule has 2 aliphatic heterocycles. The van der Waals surface area contributed by atoms with Crippen molar-refractivity contribution < 1.29 is 13.2 Å². The summed E-state index contributed by atoms with van der Waals surface area (Å²) in [7, 11) is -3.49. The number of sulfonamides is 1. The van der Waals surface area contributed by atoms with Crippen molar-refractivity contribution in [1.82, 2.24) is 9.29 Å². The van der Waals surface area contributed by atoms with E-state index in [1.807, 2.05) is 43.3 Å². The Balaban J connectivity index is 1.44. The lowest BCUT2D eigenvalue weighted by atomic mass is 10.1. The molecule has 1 fully saturated rings. The van der Waals surface area contributed by atoms with E-state index in [1.165, 1.54) is 0 Å². The molecule has 0 unspecified atom stereocenters. The summed E-state index contributed by atoms with van der Waals surface area (Å²) in [5.41, 5.74) is 3.22. The van der Waals surface area contributed by atoms with Crippen molar-refractivity contribution in [1.29, 1.82) is 0 Å². The third kappa shape index (κ3) is 4.00. The molecule has 1 amide bonds. The van der Waals surface area contributed by atoms with Crippen LogP contribution in [-0.2, 0) is 10.0 Å². The van der Waals surface area contributed by atoms with Crippen molar-refractivity contribution >= 4 is 27.4 Å². The maximum Gasteiger partial charge on any atom is 0.261 e. The number of anilines is 2. The van der Waals surface area contributed by atoms with E-state index in [9.17, 15) is 13.2 Å². The van der Waals surface area contributed by atoms with E-state index >= 15 is 0 Å². The van der Waals surface area contributed by atoms with Crippen LogP contribution in [0.15, 0.2) is 71.8 Å². The number of pyridine rings is 1. The van der Waals surface area contributed by atoms with Gasteiger partial charge in [0.2, 0.25) is 10.0 Å². The van der Waals surface area contributed by atoms with Crippen LogP contribution in [0.2, 0.25) is 0 Å². The van der Waals surface area contributed by atoms with E-state index in [2.05, 4.69) is 10.3 Å². The van der Waals surface area contributed by atoms with Gasteiger partial charge in [0.25, 0.3) is 5.91 Å². The van der Waals surface area contributed by atoms with E-state index < -0.39 is 16.2 Å². The molecule has 0 radical (unpaired) electrons. The van der Waals surface area contributed by atoms with Gasteiger partial charge in [-0.25, -0.2) is 13.4 Å². The molecule has 1 aromatic heterocycles. The Kier molecular flexibility index (Phi) is 5.64. The lowest BCUT2D eigenvalue weighted by Crippen LogP contribution is -2.35. The first-order chi connectivity index (χ1) is 15.9. The van der Waals surface area contributed by atoms with Crippen LogP contribution < -0.4 is 10.2 Å². The second-order valence-corrected chi connectivity index (χ2v) is 10.4. The fraction of sp³-hybridized carbons (Fsp3) is 0.280.